The minimum atomic E-state index is -2.67. The third-order valence-corrected chi connectivity index (χ3v) is 1.80. The maximum Gasteiger partial charge on any atom is 0.144 e. The topological polar surface area (TPSA) is 80.6 Å². The van der Waals surface area contributed by atoms with Crippen LogP contribution in [0.5, 0.6) is 0 Å². The molecular formula is C11H33NO4P2S2. The van der Waals surface area contributed by atoms with Gasteiger partial charge in [0.15, 0.2) is 0 Å². The Morgan fingerprint density at radius 2 is 0.950 bits per heavy atom. The smallest absolute Gasteiger partial charge is 0.144 e. The van der Waals surface area contributed by atoms with Crippen LogP contribution in [-0.2, 0) is 25.2 Å². The molecule has 0 aromatic carbocycles. The number of hydrogen-bond donors (Lipinski definition) is 0. The van der Waals surface area contributed by atoms with Crippen molar-refractivity contribution in [3.8, 4) is 0 Å². The summed E-state index contributed by atoms with van der Waals surface area (Å²) >= 11 is 0. The second-order valence-corrected chi connectivity index (χ2v) is 17.7. The second kappa shape index (κ2) is 13.2. The van der Waals surface area contributed by atoms with Crippen LogP contribution in [-0.4, -0.2) is 84.7 Å². The Bertz CT molecular complexity index is 419. The molecule has 0 N–H and O–H groups in total. The Hall–Kier alpha value is 0.560. The molecule has 0 atom stereocenters. The third-order valence-electron chi connectivity index (χ3n) is 0.600. The van der Waals surface area contributed by atoms with E-state index in [2.05, 4.69) is 24.7 Å². The first kappa shape index (κ1) is 28.7. The van der Waals surface area contributed by atoms with Crippen molar-refractivity contribution in [2.45, 2.75) is 0 Å². The summed E-state index contributed by atoms with van der Waals surface area (Å²) in [4.78, 5) is 0. The molecule has 0 radical (unpaired) electrons. The van der Waals surface area contributed by atoms with E-state index in [-0.39, 0.29) is 0 Å². The SMILES string of the molecule is CN=P(C)(C)C.CP(C)(C)=O.CS(C)(=O)=O.CS(C)=O. The van der Waals surface area contributed by atoms with Gasteiger partial charge in [-0.3, -0.25) is 4.21 Å². The van der Waals surface area contributed by atoms with Gasteiger partial charge in [-0.2, -0.15) is 0 Å². The lowest BCUT2D eigenvalue weighted by Crippen LogP contribution is -1.86. The van der Waals surface area contributed by atoms with Crippen molar-refractivity contribution < 1.29 is 17.2 Å². The van der Waals surface area contributed by atoms with Crippen molar-refractivity contribution >= 4 is 34.8 Å². The van der Waals surface area contributed by atoms with E-state index in [4.69, 9.17) is 0 Å². The van der Waals surface area contributed by atoms with Crippen LogP contribution in [0.1, 0.15) is 0 Å². The lowest BCUT2D eigenvalue weighted by molar-refractivity contribution is 0.586. The van der Waals surface area contributed by atoms with Gasteiger partial charge < -0.3 is 9.31 Å². The molecule has 0 aromatic heterocycles. The highest BCUT2D eigenvalue weighted by Crippen LogP contribution is 2.33. The van der Waals surface area contributed by atoms with Gasteiger partial charge in [0.25, 0.3) is 0 Å². The van der Waals surface area contributed by atoms with Crippen molar-refractivity contribution in [3.63, 3.8) is 0 Å². The van der Waals surface area contributed by atoms with E-state index in [0.717, 1.165) is 12.5 Å². The lowest BCUT2D eigenvalue weighted by Gasteiger charge is -1.99. The average molecular weight is 369 g/mol. The van der Waals surface area contributed by atoms with E-state index < -0.39 is 34.8 Å². The van der Waals surface area contributed by atoms with Crippen LogP contribution in [0.2, 0.25) is 0 Å². The molecule has 0 heterocycles. The number of rotatable bonds is 0. The molecule has 0 aliphatic heterocycles. The summed E-state index contributed by atoms with van der Waals surface area (Å²) in [5, 5.41) is 0. The maximum atomic E-state index is 10.2. The maximum absolute atomic E-state index is 10.2. The van der Waals surface area contributed by atoms with Crippen molar-refractivity contribution in [3.05, 3.63) is 0 Å². The monoisotopic (exact) mass is 369 g/mol. The highest BCUT2D eigenvalue weighted by atomic mass is 32.2. The summed E-state index contributed by atoms with van der Waals surface area (Å²) in [7, 11) is -3.81. The number of hydrogen-bond acceptors (Lipinski definition) is 5. The fourth-order valence-corrected chi connectivity index (χ4v) is 0. The van der Waals surface area contributed by atoms with Gasteiger partial charge in [0, 0.05) is 42.9 Å². The molecule has 0 saturated heterocycles. The molecule has 0 aliphatic rings. The van der Waals surface area contributed by atoms with Crippen molar-refractivity contribution in [1.29, 1.82) is 0 Å². The Kier molecular flexibility index (Phi) is 19.0. The second-order valence-electron chi connectivity index (χ2n) is 5.92. The van der Waals surface area contributed by atoms with E-state index in [1.807, 2.05) is 7.05 Å². The predicted molar refractivity (Wildman–Crippen MR) is 99.2 cm³/mol. The van der Waals surface area contributed by atoms with Gasteiger partial charge in [0.1, 0.15) is 9.84 Å². The number of nitrogens with zero attached hydrogens (tertiary/aromatic N) is 1. The Labute approximate surface area is 129 Å². The van der Waals surface area contributed by atoms with E-state index in [0.29, 0.717) is 0 Å². The minimum absolute atomic E-state index is 0.611. The Morgan fingerprint density at radius 3 is 0.950 bits per heavy atom. The molecule has 0 fully saturated rings. The van der Waals surface area contributed by atoms with Gasteiger partial charge in [-0.05, 0) is 47.0 Å². The van der Waals surface area contributed by atoms with E-state index in [1.165, 1.54) is 0 Å². The van der Waals surface area contributed by atoms with E-state index in [1.54, 1.807) is 32.5 Å². The summed E-state index contributed by atoms with van der Waals surface area (Å²) in [6.45, 7) is 11.8. The standard InChI is InChI=1S/C4H12NP.C3H9OP.C2H6O2S.C2H6OS/c1-5-6(2,3)4;2*1-5(2,3)4;1-4(2)3/h1-4H3;1-3H3;1-2H3;1-2H3. The van der Waals surface area contributed by atoms with Gasteiger partial charge in [0.2, 0.25) is 0 Å². The van der Waals surface area contributed by atoms with E-state index >= 15 is 0 Å². The molecule has 0 aromatic rings. The van der Waals surface area contributed by atoms with Crippen molar-refractivity contribution in [2.75, 3.05) is 72.1 Å². The first-order valence-electron chi connectivity index (χ1n) is 5.65. The normalized spacial score (nSPS) is 11.0. The molecule has 0 spiro atoms. The van der Waals surface area contributed by atoms with Crippen LogP contribution in [0.25, 0.3) is 0 Å². The van der Waals surface area contributed by atoms with Crippen molar-refractivity contribution in [1.82, 2.24) is 0 Å². The first-order chi connectivity index (χ1) is 8.29. The predicted octanol–water partition coefficient (Wildman–Crippen LogP) is 2.60. The van der Waals surface area contributed by atoms with Crippen LogP contribution in [0.15, 0.2) is 4.74 Å². The highest BCUT2D eigenvalue weighted by Gasteiger charge is 1.89. The van der Waals surface area contributed by atoms with Gasteiger partial charge in [-0.1, -0.05) is 0 Å². The summed E-state index contributed by atoms with van der Waals surface area (Å²) in [5.74, 6) is 0. The molecule has 0 rings (SSSR count). The molecule has 9 heteroatoms. The fourth-order valence-electron chi connectivity index (χ4n) is 0. The summed E-state index contributed by atoms with van der Waals surface area (Å²) in [5.41, 5.74) is 0. The number of sulfone groups is 1. The van der Waals surface area contributed by atoms with Crippen LogP contribution >= 0.6 is 14.2 Å². The highest BCUT2D eigenvalue weighted by molar-refractivity contribution is 7.89. The summed E-state index contributed by atoms with van der Waals surface area (Å²) in [6, 6.07) is 0. The third kappa shape index (κ3) is 452. The van der Waals surface area contributed by atoms with Crippen LogP contribution in [0.3, 0.4) is 0 Å². The zero-order chi connectivity index (χ0) is 17.8. The van der Waals surface area contributed by atoms with Crippen LogP contribution < -0.4 is 0 Å². The van der Waals surface area contributed by atoms with E-state index in [9.17, 15) is 17.2 Å². The van der Waals surface area contributed by atoms with Gasteiger partial charge in [0.05, 0.1) is 7.14 Å². The minimum Gasteiger partial charge on any atom is -0.324 e. The fraction of sp³-hybridized carbons (Fsp3) is 1.00. The molecule has 128 valence electrons. The zero-order valence-corrected chi connectivity index (χ0v) is 18.2. The largest absolute Gasteiger partial charge is 0.324 e. The van der Waals surface area contributed by atoms with Gasteiger partial charge in [-0.15, -0.1) is 0 Å². The molecule has 5 nitrogen and oxygen atoms in total. The van der Waals surface area contributed by atoms with Crippen LogP contribution in [0, 0.1) is 0 Å². The molecule has 20 heavy (non-hydrogen) atoms. The quantitative estimate of drug-likeness (QED) is 0.615. The Balaban J connectivity index is -0.0000000862. The molecule has 0 amide bonds. The van der Waals surface area contributed by atoms with Crippen molar-refractivity contribution in [2.24, 2.45) is 4.74 Å². The Morgan fingerprint density at radius 1 is 0.900 bits per heavy atom. The zero-order valence-electron chi connectivity index (χ0n) is 14.8. The molecule has 0 unspecified atom stereocenters. The molecule has 0 bridgehead atoms. The summed E-state index contributed by atoms with van der Waals surface area (Å²) < 4.78 is 43.2. The first-order valence-corrected chi connectivity index (χ1v) is 16.0. The molecule has 0 aliphatic carbocycles. The van der Waals surface area contributed by atoms with Gasteiger partial charge >= 0.3 is 0 Å². The summed E-state index contributed by atoms with van der Waals surface area (Å²) in [6.07, 6.45) is 5.60. The lowest BCUT2D eigenvalue weighted by atomic mass is 11.6. The molecular weight excluding hydrogens is 336 g/mol. The molecule has 0 saturated carbocycles. The van der Waals surface area contributed by atoms with Crippen LogP contribution in [0.4, 0.5) is 0 Å². The average Bonchev–Trinajstić information content (AvgIpc) is 1.94. The van der Waals surface area contributed by atoms with Gasteiger partial charge in [-0.25, -0.2) is 8.42 Å².